The Bertz CT molecular complexity index is 2650. The SMILES string of the molecule is [2H]c1c([2H])c([2H])c2c(c1[2H])Oc1c([2H])c([2H])c(-c3ccc4c5ccc6ccccc6c5n(-c5ccccc5)c4c3)c([2H])c1C2(C([2H])([2H])[2H])C([2H])([2H])[2H]. The lowest BCUT2D eigenvalue weighted by Gasteiger charge is -2.34. The summed E-state index contributed by atoms with van der Waals surface area (Å²) in [6, 6.07) is 21.3. The van der Waals surface area contributed by atoms with Crippen LogP contribution in [-0.2, 0) is 5.41 Å². The van der Waals surface area contributed by atoms with Crippen molar-refractivity contribution in [3.05, 3.63) is 138 Å². The van der Waals surface area contributed by atoms with Gasteiger partial charge < -0.3 is 9.30 Å². The van der Waals surface area contributed by atoms with Crippen molar-refractivity contribution in [2.24, 2.45) is 0 Å². The Morgan fingerprint density at radius 2 is 1.49 bits per heavy atom. The first kappa shape index (κ1) is 12.8. The summed E-state index contributed by atoms with van der Waals surface area (Å²) in [5, 5.41) is 3.75. The average molecular weight is 515 g/mol. The minimum atomic E-state index is -3.56. The van der Waals surface area contributed by atoms with Gasteiger partial charge in [-0.05, 0) is 52.8 Å². The molecule has 0 fully saturated rings. The Labute approximate surface area is 246 Å². The summed E-state index contributed by atoms with van der Waals surface area (Å²) in [4.78, 5) is 0. The molecule has 186 valence electrons. The van der Waals surface area contributed by atoms with E-state index in [1.807, 2.05) is 72.8 Å². The summed E-state index contributed by atoms with van der Waals surface area (Å²) in [5.74, 6) is -1.50. The molecule has 0 unspecified atom stereocenters. The maximum absolute atomic E-state index is 9.54. The van der Waals surface area contributed by atoms with E-state index in [1.165, 1.54) is 0 Å². The van der Waals surface area contributed by atoms with Gasteiger partial charge in [0.05, 0.1) is 20.6 Å². The van der Waals surface area contributed by atoms with E-state index in [2.05, 4.69) is 4.57 Å². The van der Waals surface area contributed by atoms with E-state index in [1.54, 1.807) is 12.1 Å². The van der Waals surface area contributed by atoms with E-state index < -0.39 is 84.0 Å². The van der Waals surface area contributed by atoms with Crippen LogP contribution >= 0.6 is 0 Å². The van der Waals surface area contributed by atoms with Gasteiger partial charge in [0.25, 0.3) is 0 Å². The van der Waals surface area contributed by atoms with Crippen molar-refractivity contribution in [3.8, 4) is 28.3 Å². The third-order valence-corrected chi connectivity index (χ3v) is 7.34. The second-order valence-corrected chi connectivity index (χ2v) is 9.60. The van der Waals surface area contributed by atoms with Crippen LogP contribution in [0.15, 0.2) is 127 Å². The summed E-state index contributed by atoms with van der Waals surface area (Å²) in [6.07, 6.45) is 0. The van der Waals surface area contributed by atoms with Gasteiger partial charge in [-0.25, -0.2) is 0 Å². The van der Waals surface area contributed by atoms with Gasteiger partial charge in [-0.3, -0.25) is 0 Å². The highest BCUT2D eigenvalue weighted by atomic mass is 16.5. The van der Waals surface area contributed by atoms with Crippen LogP contribution in [0.25, 0.3) is 49.4 Å². The molecule has 1 aliphatic rings. The first-order valence-corrected chi connectivity index (χ1v) is 12.5. The van der Waals surface area contributed by atoms with Crippen LogP contribution in [0.5, 0.6) is 11.5 Å². The molecule has 0 N–H and O–H groups in total. The van der Waals surface area contributed by atoms with Crippen molar-refractivity contribution in [2.45, 2.75) is 19.1 Å². The lowest BCUT2D eigenvalue weighted by atomic mass is 9.75. The molecule has 0 amide bonds. The largest absolute Gasteiger partial charge is 0.457 e. The smallest absolute Gasteiger partial charge is 0.131 e. The Kier molecular flexibility index (Phi) is 2.66. The molecule has 0 saturated heterocycles. The highest BCUT2D eigenvalue weighted by Crippen LogP contribution is 2.49. The molecule has 0 saturated carbocycles. The van der Waals surface area contributed by atoms with Crippen LogP contribution < -0.4 is 4.74 Å². The number of ether oxygens (including phenoxy) is 1. The maximum atomic E-state index is 9.54. The molecule has 0 spiro atoms. The minimum absolute atomic E-state index is 0.230. The van der Waals surface area contributed by atoms with E-state index in [0.29, 0.717) is 5.52 Å². The van der Waals surface area contributed by atoms with Gasteiger partial charge in [0.1, 0.15) is 11.5 Å². The fourth-order valence-electron chi connectivity index (χ4n) is 5.53. The lowest BCUT2D eigenvalue weighted by Crippen LogP contribution is -2.24. The number of para-hydroxylation sites is 2. The average Bonchev–Trinajstić information content (AvgIpc) is 3.45. The zero-order chi connectivity index (χ0) is 37.2. The molecule has 7 aromatic rings. The summed E-state index contributed by atoms with van der Waals surface area (Å²) in [6.45, 7) is -7.12. The van der Waals surface area contributed by atoms with Crippen LogP contribution in [-0.4, -0.2) is 4.57 Å². The standard InChI is InChI=1S/C37H27NO/c1-37(2)31-14-8-9-15-34(31)39-35-21-18-25(22-32(35)37)26-17-19-29-30-20-16-24-10-6-7-13-28(24)36(30)38(33(29)23-26)27-11-4-3-5-12-27/h3-23H,1-2H3/i1D3,2D3,8D,9D,14D,15D,18D,21D,22D. The van der Waals surface area contributed by atoms with Gasteiger partial charge in [0.15, 0.2) is 0 Å². The van der Waals surface area contributed by atoms with Crippen LogP contribution in [0, 0.1) is 0 Å². The Balaban J connectivity index is 1.51. The molecule has 0 radical (unpaired) electrons. The molecular formula is C37H27NO. The molecule has 0 bridgehead atoms. The highest BCUT2D eigenvalue weighted by molar-refractivity contribution is 6.19. The van der Waals surface area contributed by atoms with Crippen LogP contribution in [0.2, 0.25) is 0 Å². The van der Waals surface area contributed by atoms with E-state index in [4.69, 9.17) is 21.2 Å². The number of benzene rings is 6. The second-order valence-electron chi connectivity index (χ2n) is 9.60. The fraction of sp³-hybridized carbons (Fsp3) is 0.0811. The van der Waals surface area contributed by atoms with E-state index in [0.717, 1.165) is 32.7 Å². The van der Waals surface area contributed by atoms with Gasteiger partial charge in [-0.2, -0.15) is 0 Å². The predicted octanol–water partition coefficient (Wildman–Crippen LogP) is 10.0. The Morgan fingerprint density at radius 1 is 0.692 bits per heavy atom. The first-order chi connectivity index (χ1) is 24.5. The Morgan fingerprint density at radius 3 is 2.38 bits per heavy atom. The van der Waals surface area contributed by atoms with Crippen molar-refractivity contribution < 1.29 is 22.6 Å². The van der Waals surface area contributed by atoms with E-state index >= 15 is 0 Å². The van der Waals surface area contributed by atoms with Crippen molar-refractivity contribution >= 4 is 32.6 Å². The fourth-order valence-corrected chi connectivity index (χ4v) is 5.53. The van der Waals surface area contributed by atoms with Crippen LogP contribution in [0.3, 0.4) is 0 Å². The van der Waals surface area contributed by atoms with E-state index in [-0.39, 0.29) is 11.1 Å². The van der Waals surface area contributed by atoms with Gasteiger partial charge in [-0.1, -0.05) is 105 Å². The summed E-state index contributed by atoms with van der Waals surface area (Å²) in [5.41, 5.74) is -2.46. The maximum Gasteiger partial charge on any atom is 0.131 e. The van der Waals surface area contributed by atoms with Crippen molar-refractivity contribution in [1.82, 2.24) is 4.57 Å². The number of hydrogen-bond acceptors (Lipinski definition) is 1. The molecule has 1 aliphatic heterocycles. The van der Waals surface area contributed by atoms with Gasteiger partial charge in [-0.15, -0.1) is 0 Å². The zero-order valence-corrected chi connectivity index (χ0v) is 20.4. The third kappa shape index (κ3) is 3.21. The molecule has 39 heavy (non-hydrogen) atoms. The van der Waals surface area contributed by atoms with E-state index in [9.17, 15) is 1.37 Å². The van der Waals surface area contributed by atoms with Gasteiger partial charge >= 0.3 is 0 Å². The molecule has 2 heterocycles. The molecular weight excluding hydrogens is 474 g/mol. The number of aromatic nitrogens is 1. The van der Waals surface area contributed by atoms with Crippen LogP contribution in [0.1, 0.15) is 42.7 Å². The Hall–Kier alpha value is -4.82. The summed E-state index contributed by atoms with van der Waals surface area (Å²) >= 11 is 0. The van der Waals surface area contributed by atoms with Gasteiger partial charge in [0.2, 0.25) is 0 Å². The minimum Gasteiger partial charge on any atom is -0.457 e. The lowest BCUT2D eigenvalue weighted by molar-refractivity contribution is 0.418. The molecule has 6 aromatic carbocycles. The number of nitrogens with zero attached hydrogens (tertiary/aromatic N) is 1. The zero-order valence-electron chi connectivity index (χ0n) is 33.4. The van der Waals surface area contributed by atoms with Crippen molar-refractivity contribution in [2.75, 3.05) is 0 Å². The molecule has 8 rings (SSSR count). The normalized spacial score (nSPS) is 19.2. The topological polar surface area (TPSA) is 14.2 Å². The molecule has 0 aliphatic carbocycles. The van der Waals surface area contributed by atoms with Gasteiger partial charge in [0, 0.05) is 46.6 Å². The van der Waals surface area contributed by atoms with Crippen LogP contribution in [0.4, 0.5) is 0 Å². The molecule has 2 nitrogen and oxygen atoms in total. The summed E-state index contributed by atoms with van der Waals surface area (Å²) in [7, 11) is 0. The highest BCUT2D eigenvalue weighted by Gasteiger charge is 2.34. The first-order valence-electron chi connectivity index (χ1n) is 19.0. The molecule has 1 aromatic heterocycles. The third-order valence-electron chi connectivity index (χ3n) is 7.34. The van der Waals surface area contributed by atoms with Crippen molar-refractivity contribution in [1.29, 1.82) is 0 Å². The molecule has 0 atom stereocenters. The monoisotopic (exact) mass is 514 g/mol. The second kappa shape index (κ2) is 8.09. The number of fused-ring (bicyclic) bond motifs is 7. The predicted molar refractivity (Wildman–Crippen MR) is 162 cm³/mol. The number of rotatable bonds is 2. The summed E-state index contributed by atoms with van der Waals surface area (Å²) < 4.78 is 122. The van der Waals surface area contributed by atoms with Crippen molar-refractivity contribution in [3.63, 3.8) is 0 Å². The quantitative estimate of drug-likeness (QED) is 0.224. The molecule has 2 heteroatoms. The number of hydrogen-bond donors (Lipinski definition) is 0.